The number of rotatable bonds is 3. The monoisotopic (exact) mass is 338 g/mol. The third kappa shape index (κ3) is 3.50. The highest BCUT2D eigenvalue weighted by molar-refractivity contribution is 5.97. The van der Waals surface area contributed by atoms with E-state index in [-0.39, 0.29) is 11.5 Å². The van der Waals surface area contributed by atoms with Gasteiger partial charge in [-0.2, -0.15) is 0 Å². The second-order valence-corrected chi connectivity index (χ2v) is 6.40. The average Bonchev–Trinajstić information content (AvgIpc) is 2.61. The SMILES string of the molecule is Cc1cccc(C)c1C(=O)N1CCN(c2ccc(C(=O)O)cc2)CC1. The minimum atomic E-state index is -0.921. The molecule has 1 fully saturated rings. The van der Waals surface area contributed by atoms with Crippen LogP contribution in [0.3, 0.4) is 0 Å². The predicted molar refractivity (Wildman–Crippen MR) is 97.4 cm³/mol. The Labute approximate surface area is 147 Å². The van der Waals surface area contributed by atoms with Crippen molar-refractivity contribution in [3.8, 4) is 0 Å². The normalized spacial score (nSPS) is 14.5. The maximum atomic E-state index is 12.8. The van der Waals surface area contributed by atoms with Gasteiger partial charge in [-0.3, -0.25) is 4.79 Å². The minimum absolute atomic E-state index is 0.0940. The van der Waals surface area contributed by atoms with Crippen LogP contribution in [0, 0.1) is 13.8 Å². The highest BCUT2D eigenvalue weighted by atomic mass is 16.4. The molecule has 1 aliphatic rings. The van der Waals surface area contributed by atoms with Crippen LogP contribution in [0.25, 0.3) is 0 Å². The standard InChI is InChI=1S/C20H22N2O3/c1-14-4-3-5-15(2)18(14)19(23)22-12-10-21(11-13-22)17-8-6-16(7-9-17)20(24)25/h3-9H,10-13H2,1-2H3,(H,24,25). The maximum Gasteiger partial charge on any atom is 0.335 e. The number of carboxylic acids is 1. The lowest BCUT2D eigenvalue weighted by Crippen LogP contribution is -2.49. The fourth-order valence-corrected chi connectivity index (χ4v) is 3.29. The van der Waals surface area contributed by atoms with Crippen LogP contribution in [-0.4, -0.2) is 48.1 Å². The molecule has 3 rings (SSSR count). The number of amides is 1. The van der Waals surface area contributed by atoms with Gasteiger partial charge in [0.05, 0.1) is 5.56 Å². The lowest BCUT2D eigenvalue weighted by molar-refractivity contribution is 0.0695. The van der Waals surface area contributed by atoms with Crippen molar-refractivity contribution in [2.75, 3.05) is 31.1 Å². The van der Waals surface area contributed by atoms with Crippen molar-refractivity contribution in [3.05, 3.63) is 64.7 Å². The predicted octanol–water partition coefficient (Wildman–Crippen LogP) is 2.96. The zero-order valence-electron chi connectivity index (χ0n) is 14.5. The Bertz CT molecular complexity index is 771. The van der Waals surface area contributed by atoms with E-state index in [2.05, 4.69) is 4.90 Å². The first-order valence-electron chi connectivity index (χ1n) is 8.41. The van der Waals surface area contributed by atoms with Crippen LogP contribution in [0.1, 0.15) is 31.8 Å². The molecule has 5 nitrogen and oxygen atoms in total. The van der Waals surface area contributed by atoms with Gasteiger partial charge in [0, 0.05) is 37.4 Å². The summed E-state index contributed by atoms with van der Waals surface area (Å²) in [5.41, 5.74) is 4.10. The first kappa shape index (κ1) is 17.0. The Kier molecular flexibility index (Phi) is 4.74. The molecule has 0 aromatic heterocycles. The average molecular weight is 338 g/mol. The van der Waals surface area contributed by atoms with Gasteiger partial charge >= 0.3 is 5.97 Å². The van der Waals surface area contributed by atoms with E-state index in [0.717, 1.165) is 35.5 Å². The molecule has 0 spiro atoms. The number of carbonyl (C=O) groups excluding carboxylic acids is 1. The molecule has 5 heteroatoms. The minimum Gasteiger partial charge on any atom is -0.478 e. The largest absolute Gasteiger partial charge is 0.478 e. The molecule has 0 saturated carbocycles. The summed E-state index contributed by atoms with van der Waals surface area (Å²) in [6.45, 7) is 6.74. The van der Waals surface area contributed by atoms with Crippen LogP contribution in [0.2, 0.25) is 0 Å². The van der Waals surface area contributed by atoms with Gasteiger partial charge in [-0.25, -0.2) is 4.79 Å². The highest BCUT2D eigenvalue weighted by Gasteiger charge is 2.24. The third-order valence-corrected chi connectivity index (χ3v) is 4.74. The van der Waals surface area contributed by atoms with Crippen LogP contribution in [0.5, 0.6) is 0 Å². The number of nitrogens with zero attached hydrogens (tertiary/aromatic N) is 2. The molecule has 0 atom stereocenters. The van der Waals surface area contributed by atoms with Gasteiger partial charge in [-0.05, 0) is 49.2 Å². The Balaban J connectivity index is 1.67. The summed E-state index contributed by atoms with van der Waals surface area (Å²) in [6, 6.07) is 12.8. The van der Waals surface area contributed by atoms with Gasteiger partial charge in [0.2, 0.25) is 0 Å². The number of aryl methyl sites for hydroxylation is 2. The van der Waals surface area contributed by atoms with E-state index in [1.807, 2.05) is 49.1 Å². The Morgan fingerprint density at radius 2 is 1.44 bits per heavy atom. The number of hydrogen-bond acceptors (Lipinski definition) is 3. The lowest BCUT2D eigenvalue weighted by atomic mass is 10.0. The number of aromatic carboxylic acids is 1. The summed E-state index contributed by atoms with van der Waals surface area (Å²) in [5.74, 6) is -0.827. The van der Waals surface area contributed by atoms with E-state index in [1.165, 1.54) is 0 Å². The van der Waals surface area contributed by atoms with Crippen LogP contribution < -0.4 is 4.90 Å². The molecule has 0 radical (unpaired) electrons. The third-order valence-electron chi connectivity index (χ3n) is 4.74. The van der Waals surface area contributed by atoms with Crippen molar-refractivity contribution in [1.29, 1.82) is 0 Å². The van der Waals surface area contributed by atoms with Crippen molar-refractivity contribution < 1.29 is 14.7 Å². The van der Waals surface area contributed by atoms with Crippen molar-refractivity contribution in [1.82, 2.24) is 4.90 Å². The Morgan fingerprint density at radius 3 is 1.96 bits per heavy atom. The number of anilines is 1. The fraction of sp³-hybridized carbons (Fsp3) is 0.300. The van der Waals surface area contributed by atoms with E-state index >= 15 is 0 Å². The van der Waals surface area contributed by atoms with Gasteiger partial charge in [-0.15, -0.1) is 0 Å². The van der Waals surface area contributed by atoms with Crippen molar-refractivity contribution in [2.24, 2.45) is 0 Å². The summed E-state index contributed by atoms with van der Waals surface area (Å²) >= 11 is 0. The van der Waals surface area contributed by atoms with E-state index < -0.39 is 5.97 Å². The molecule has 25 heavy (non-hydrogen) atoms. The number of hydrogen-bond donors (Lipinski definition) is 1. The zero-order valence-corrected chi connectivity index (χ0v) is 14.5. The van der Waals surface area contributed by atoms with Gasteiger partial charge in [0.25, 0.3) is 5.91 Å². The number of piperazine rings is 1. The zero-order chi connectivity index (χ0) is 18.0. The summed E-state index contributed by atoms with van der Waals surface area (Å²) < 4.78 is 0. The molecule has 2 aromatic carbocycles. The first-order chi connectivity index (χ1) is 12.0. The molecule has 2 aromatic rings. The molecule has 130 valence electrons. The van der Waals surface area contributed by atoms with E-state index in [0.29, 0.717) is 13.1 Å². The first-order valence-corrected chi connectivity index (χ1v) is 8.41. The number of benzene rings is 2. The molecule has 1 aliphatic heterocycles. The molecular formula is C20H22N2O3. The number of carbonyl (C=O) groups is 2. The second-order valence-electron chi connectivity index (χ2n) is 6.40. The summed E-state index contributed by atoms with van der Waals surface area (Å²) in [6.07, 6.45) is 0. The Morgan fingerprint density at radius 1 is 0.880 bits per heavy atom. The van der Waals surface area contributed by atoms with Crippen molar-refractivity contribution >= 4 is 17.6 Å². The molecular weight excluding hydrogens is 316 g/mol. The van der Waals surface area contributed by atoms with Crippen LogP contribution in [0.15, 0.2) is 42.5 Å². The van der Waals surface area contributed by atoms with Gasteiger partial charge in [-0.1, -0.05) is 18.2 Å². The van der Waals surface area contributed by atoms with Crippen LogP contribution in [0.4, 0.5) is 5.69 Å². The maximum absolute atomic E-state index is 12.8. The summed E-state index contributed by atoms with van der Waals surface area (Å²) in [4.78, 5) is 27.9. The molecule has 1 heterocycles. The fourth-order valence-electron chi connectivity index (χ4n) is 3.29. The quantitative estimate of drug-likeness (QED) is 0.935. The van der Waals surface area contributed by atoms with Crippen molar-refractivity contribution in [2.45, 2.75) is 13.8 Å². The van der Waals surface area contributed by atoms with Gasteiger partial charge < -0.3 is 14.9 Å². The summed E-state index contributed by atoms with van der Waals surface area (Å²) in [7, 11) is 0. The van der Waals surface area contributed by atoms with Crippen LogP contribution in [-0.2, 0) is 0 Å². The lowest BCUT2D eigenvalue weighted by Gasteiger charge is -2.36. The molecule has 0 unspecified atom stereocenters. The Hall–Kier alpha value is -2.82. The van der Waals surface area contributed by atoms with Gasteiger partial charge in [0.15, 0.2) is 0 Å². The topological polar surface area (TPSA) is 60.9 Å². The van der Waals surface area contributed by atoms with Crippen molar-refractivity contribution in [3.63, 3.8) is 0 Å². The second kappa shape index (κ2) is 6.97. The van der Waals surface area contributed by atoms with E-state index in [4.69, 9.17) is 5.11 Å². The van der Waals surface area contributed by atoms with E-state index in [9.17, 15) is 9.59 Å². The summed E-state index contributed by atoms with van der Waals surface area (Å²) in [5, 5.41) is 8.98. The molecule has 1 saturated heterocycles. The van der Waals surface area contributed by atoms with E-state index in [1.54, 1.807) is 12.1 Å². The van der Waals surface area contributed by atoms with Gasteiger partial charge in [0.1, 0.15) is 0 Å². The molecule has 0 aliphatic carbocycles. The molecule has 1 amide bonds. The number of carboxylic acid groups (broad SMARTS) is 1. The smallest absolute Gasteiger partial charge is 0.335 e. The molecule has 1 N–H and O–H groups in total. The molecule has 0 bridgehead atoms. The van der Waals surface area contributed by atoms with Crippen LogP contribution >= 0.6 is 0 Å². The highest BCUT2D eigenvalue weighted by Crippen LogP contribution is 2.20.